The summed E-state index contributed by atoms with van der Waals surface area (Å²) in [6, 6.07) is 6.85. The van der Waals surface area contributed by atoms with Crippen LogP contribution >= 0.6 is 0 Å². The van der Waals surface area contributed by atoms with Crippen molar-refractivity contribution < 1.29 is 13.6 Å². The first-order valence-corrected chi connectivity index (χ1v) is 7.69. The fourth-order valence-electron chi connectivity index (χ4n) is 1.70. The third kappa shape index (κ3) is 4.22. The smallest absolute Gasteiger partial charge is 0.212 e. The maximum Gasteiger partial charge on any atom is 0.212 e. The predicted molar refractivity (Wildman–Crippen MR) is 72.3 cm³/mol. The Bertz CT molecular complexity index is 562. The van der Waals surface area contributed by atoms with Gasteiger partial charge in [-0.3, -0.25) is 0 Å². The Labute approximate surface area is 112 Å². The van der Waals surface area contributed by atoms with Crippen LogP contribution in [0.1, 0.15) is 24.0 Å². The topological polar surface area (TPSA) is 105 Å². The van der Waals surface area contributed by atoms with Crippen LogP contribution in [-0.4, -0.2) is 25.2 Å². The second-order valence-electron chi connectivity index (χ2n) is 4.73. The zero-order valence-corrected chi connectivity index (χ0v) is 11.2. The number of amidine groups is 1. The standard InChI is InChI=1S/C12H17N3O3S/c13-12(15-16)11-5-3-9(4-6-11)7-14-19(17,18)8-10-1-2-10/h3-6,10,14,16H,1-2,7-8H2,(H2,13,15). The third-order valence-corrected chi connectivity index (χ3v) is 4.50. The van der Waals surface area contributed by atoms with Gasteiger partial charge in [0.1, 0.15) is 0 Å². The molecule has 0 heterocycles. The summed E-state index contributed by atoms with van der Waals surface area (Å²) in [4.78, 5) is 0. The van der Waals surface area contributed by atoms with E-state index in [1.54, 1.807) is 24.3 Å². The van der Waals surface area contributed by atoms with Gasteiger partial charge in [-0.2, -0.15) is 0 Å². The minimum absolute atomic E-state index is 0.0286. The molecule has 2 rings (SSSR count). The first-order valence-electron chi connectivity index (χ1n) is 6.04. The van der Waals surface area contributed by atoms with Crippen molar-refractivity contribution in [1.82, 2.24) is 4.72 Å². The van der Waals surface area contributed by atoms with Crippen molar-refractivity contribution in [3.05, 3.63) is 35.4 Å². The van der Waals surface area contributed by atoms with Crippen LogP contribution in [0.5, 0.6) is 0 Å². The lowest BCUT2D eigenvalue weighted by atomic mass is 10.1. The van der Waals surface area contributed by atoms with Crippen LogP contribution in [-0.2, 0) is 16.6 Å². The molecule has 1 aliphatic carbocycles. The molecule has 1 aliphatic rings. The number of oxime groups is 1. The number of hydrogen-bond donors (Lipinski definition) is 3. The second kappa shape index (κ2) is 5.58. The Balaban J connectivity index is 1.92. The normalized spacial score (nSPS) is 16.5. The highest BCUT2D eigenvalue weighted by Crippen LogP contribution is 2.29. The molecule has 0 unspecified atom stereocenters. The molecule has 0 amide bonds. The van der Waals surface area contributed by atoms with Crippen LogP contribution in [0.4, 0.5) is 0 Å². The molecule has 7 heteroatoms. The Morgan fingerprint density at radius 3 is 2.53 bits per heavy atom. The minimum Gasteiger partial charge on any atom is -0.409 e. The van der Waals surface area contributed by atoms with E-state index in [1.165, 1.54) is 0 Å². The van der Waals surface area contributed by atoms with Crippen LogP contribution in [0.15, 0.2) is 29.4 Å². The number of sulfonamides is 1. The molecular formula is C12H17N3O3S. The lowest BCUT2D eigenvalue weighted by molar-refractivity contribution is 0.318. The molecule has 6 nitrogen and oxygen atoms in total. The minimum atomic E-state index is -3.19. The van der Waals surface area contributed by atoms with Gasteiger partial charge in [-0.15, -0.1) is 0 Å². The van der Waals surface area contributed by atoms with Gasteiger partial charge < -0.3 is 10.9 Å². The molecule has 0 bridgehead atoms. The van der Waals surface area contributed by atoms with Gasteiger partial charge in [-0.05, 0) is 24.3 Å². The molecular weight excluding hydrogens is 266 g/mol. The third-order valence-electron chi connectivity index (χ3n) is 3.01. The molecule has 1 aromatic rings. The Kier molecular flexibility index (Phi) is 4.06. The van der Waals surface area contributed by atoms with Gasteiger partial charge >= 0.3 is 0 Å². The van der Waals surface area contributed by atoms with Crippen molar-refractivity contribution >= 4 is 15.9 Å². The maximum atomic E-state index is 11.7. The van der Waals surface area contributed by atoms with Crippen LogP contribution in [0.3, 0.4) is 0 Å². The van der Waals surface area contributed by atoms with Crippen molar-refractivity contribution in [2.24, 2.45) is 16.8 Å². The molecule has 19 heavy (non-hydrogen) atoms. The zero-order chi connectivity index (χ0) is 13.9. The van der Waals surface area contributed by atoms with Gasteiger partial charge in [0, 0.05) is 12.1 Å². The molecule has 1 fully saturated rings. The summed E-state index contributed by atoms with van der Waals surface area (Å²) in [5, 5.41) is 11.4. The van der Waals surface area contributed by atoms with Gasteiger partial charge in [0.25, 0.3) is 0 Å². The van der Waals surface area contributed by atoms with E-state index >= 15 is 0 Å². The van der Waals surface area contributed by atoms with E-state index < -0.39 is 10.0 Å². The first kappa shape index (κ1) is 13.8. The average molecular weight is 283 g/mol. The summed E-state index contributed by atoms with van der Waals surface area (Å²) in [6.07, 6.45) is 2.02. The number of nitrogens with zero attached hydrogens (tertiary/aromatic N) is 1. The average Bonchev–Trinajstić information content (AvgIpc) is 3.19. The van der Waals surface area contributed by atoms with Crippen molar-refractivity contribution in [2.75, 3.05) is 5.75 Å². The molecule has 4 N–H and O–H groups in total. The number of benzene rings is 1. The molecule has 0 radical (unpaired) electrons. The van der Waals surface area contributed by atoms with E-state index in [9.17, 15) is 8.42 Å². The van der Waals surface area contributed by atoms with E-state index in [0.29, 0.717) is 11.5 Å². The largest absolute Gasteiger partial charge is 0.409 e. The van der Waals surface area contributed by atoms with Gasteiger partial charge in [-0.25, -0.2) is 13.1 Å². The highest BCUT2D eigenvalue weighted by atomic mass is 32.2. The quantitative estimate of drug-likeness (QED) is 0.308. The van der Waals surface area contributed by atoms with Gasteiger partial charge in [0.05, 0.1) is 5.75 Å². The van der Waals surface area contributed by atoms with Crippen molar-refractivity contribution in [3.63, 3.8) is 0 Å². The number of nitrogens with one attached hydrogen (secondary N) is 1. The summed E-state index contributed by atoms with van der Waals surface area (Å²) in [5.41, 5.74) is 6.86. The molecule has 1 aromatic carbocycles. The van der Waals surface area contributed by atoms with Crippen LogP contribution in [0.25, 0.3) is 0 Å². The summed E-state index contributed by atoms with van der Waals surface area (Å²) >= 11 is 0. The van der Waals surface area contributed by atoms with Gasteiger partial charge in [-0.1, -0.05) is 29.4 Å². The molecule has 1 saturated carbocycles. The van der Waals surface area contributed by atoms with E-state index in [-0.39, 0.29) is 18.1 Å². The second-order valence-corrected chi connectivity index (χ2v) is 6.58. The first-order chi connectivity index (χ1) is 9.00. The van der Waals surface area contributed by atoms with Crippen molar-refractivity contribution in [3.8, 4) is 0 Å². The van der Waals surface area contributed by atoms with E-state index in [1.807, 2.05) is 0 Å². The zero-order valence-electron chi connectivity index (χ0n) is 10.4. The van der Waals surface area contributed by atoms with E-state index in [4.69, 9.17) is 10.9 Å². The lowest BCUT2D eigenvalue weighted by Gasteiger charge is -2.06. The highest BCUT2D eigenvalue weighted by Gasteiger charge is 2.27. The summed E-state index contributed by atoms with van der Waals surface area (Å²) in [7, 11) is -3.19. The van der Waals surface area contributed by atoms with E-state index in [0.717, 1.165) is 18.4 Å². The van der Waals surface area contributed by atoms with Crippen LogP contribution in [0, 0.1) is 5.92 Å². The predicted octanol–water partition coefficient (Wildman–Crippen LogP) is 0.610. The van der Waals surface area contributed by atoms with Gasteiger partial charge in [0.15, 0.2) is 5.84 Å². The molecule has 0 aliphatic heterocycles. The van der Waals surface area contributed by atoms with E-state index in [2.05, 4.69) is 9.88 Å². The Morgan fingerprint density at radius 2 is 2.00 bits per heavy atom. The Morgan fingerprint density at radius 1 is 1.37 bits per heavy atom. The number of hydrogen-bond acceptors (Lipinski definition) is 4. The molecule has 104 valence electrons. The Hall–Kier alpha value is -1.60. The summed E-state index contributed by atoms with van der Waals surface area (Å²) in [6.45, 7) is 0.255. The lowest BCUT2D eigenvalue weighted by Crippen LogP contribution is -2.26. The fourth-order valence-corrected chi connectivity index (χ4v) is 3.16. The molecule has 0 atom stereocenters. The summed E-state index contributed by atoms with van der Waals surface area (Å²) < 4.78 is 26.0. The molecule has 0 saturated heterocycles. The number of nitrogens with two attached hydrogens (primary N) is 1. The fraction of sp³-hybridized carbons (Fsp3) is 0.417. The monoisotopic (exact) mass is 283 g/mol. The SMILES string of the molecule is NC(=NO)c1ccc(CNS(=O)(=O)CC2CC2)cc1. The number of rotatable bonds is 6. The maximum absolute atomic E-state index is 11.7. The van der Waals surface area contributed by atoms with Gasteiger partial charge in [0.2, 0.25) is 10.0 Å². The van der Waals surface area contributed by atoms with Crippen molar-refractivity contribution in [2.45, 2.75) is 19.4 Å². The molecule has 0 aromatic heterocycles. The van der Waals surface area contributed by atoms with Crippen LogP contribution < -0.4 is 10.5 Å². The highest BCUT2D eigenvalue weighted by molar-refractivity contribution is 7.89. The van der Waals surface area contributed by atoms with Crippen molar-refractivity contribution in [1.29, 1.82) is 0 Å². The molecule has 0 spiro atoms. The summed E-state index contributed by atoms with van der Waals surface area (Å²) in [5.74, 6) is 0.580. The van der Waals surface area contributed by atoms with Crippen LogP contribution in [0.2, 0.25) is 0 Å².